The van der Waals surface area contributed by atoms with Gasteiger partial charge in [0.2, 0.25) is 0 Å². The van der Waals surface area contributed by atoms with E-state index in [9.17, 15) is 22.8 Å². The van der Waals surface area contributed by atoms with Gasteiger partial charge in [-0.2, -0.15) is 13.2 Å². The lowest BCUT2D eigenvalue weighted by Crippen LogP contribution is -2.28. The van der Waals surface area contributed by atoms with Crippen LogP contribution in [0.25, 0.3) is 0 Å². The highest BCUT2D eigenvalue weighted by Crippen LogP contribution is 2.31. The zero-order valence-corrected chi connectivity index (χ0v) is 10.8. The van der Waals surface area contributed by atoms with Crippen molar-refractivity contribution in [2.45, 2.75) is 19.5 Å². The molecule has 0 aliphatic carbocycles. The summed E-state index contributed by atoms with van der Waals surface area (Å²) >= 11 is 0. The van der Waals surface area contributed by atoms with Crippen molar-refractivity contribution in [3.05, 3.63) is 35.4 Å². The second-order valence-corrected chi connectivity index (χ2v) is 3.85. The van der Waals surface area contributed by atoms with Crippen LogP contribution in [0.2, 0.25) is 0 Å². The largest absolute Gasteiger partial charge is 0.466 e. The molecule has 0 aliphatic heterocycles. The smallest absolute Gasteiger partial charge is 0.417 e. The van der Waals surface area contributed by atoms with Crippen LogP contribution in [0, 0.1) is 0 Å². The summed E-state index contributed by atoms with van der Waals surface area (Å²) in [4.78, 5) is 22.7. The third-order valence-electron chi connectivity index (χ3n) is 2.40. The second kappa shape index (κ2) is 6.93. The van der Waals surface area contributed by atoms with Crippen LogP contribution < -0.4 is 5.32 Å². The molecule has 0 heterocycles. The van der Waals surface area contributed by atoms with Crippen LogP contribution in [0.4, 0.5) is 13.2 Å². The lowest BCUT2D eigenvalue weighted by atomic mass is 10.1. The molecule has 0 aromatic heterocycles. The first kappa shape index (κ1) is 16.0. The van der Waals surface area contributed by atoms with Gasteiger partial charge < -0.3 is 10.1 Å². The first-order valence-corrected chi connectivity index (χ1v) is 5.96. The molecular formula is C13H14F3NO3. The van der Waals surface area contributed by atoms with Crippen molar-refractivity contribution in [1.29, 1.82) is 0 Å². The van der Waals surface area contributed by atoms with Gasteiger partial charge in [0.05, 0.1) is 24.2 Å². The van der Waals surface area contributed by atoms with E-state index in [-0.39, 0.29) is 19.6 Å². The molecule has 1 rings (SSSR count). The van der Waals surface area contributed by atoms with Crippen LogP contribution in [-0.2, 0) is 15.7 Å². The number of hydrogen-bond acceptors (Lipinski definition) is 3. The summed E-state index contributed by atoms with van der Waals surface area (Å²) in [6, 6.07) is 4.47. The number of hydrogen-bond donors (Lipinski definition) is 1. The lowest BCUT2D eigenvalue weighted by molar-refractivity contribution is -0.143. The number of ether oxygens (including phenoxy) is 1. The van der Waals surface area contributed by atoms with Gasteiger partial charge in [-0.25, -0.2) is 0 Å². The molecule has 0 unspecified atom stereocenters. The van der Waals surface area contributed by atoms with E-state index in [0.717, 1.165) is 12.1 Å². The molecule has 110 valence electrons. The molecule has 0 saturated carbocycles. The Morgan fingerprint density at radius 1 is 1.25 bits per heavy atom. The van der Waals surface area contributed by atoms with Gasteiger partial charge in [-0.15, -0.1) is 0 Å². The van der Waals surface area contributed by atoms with E-state index in [2.05, 4.69) is 10.1 Å². The molecule has 0 fully saturated rings. The van der Waals surface area contributed by atoms with Gasteiger partial charge in [-0.3, -0.25) is 9.59 Å². The van der Waals surface area contributed by atoms with E-state index in [1.54, 1.807) is 6.92 Å². The minimum absolute atomic E-state index is 0.0795. The third-order valence-corrected chi connectivity index (χ3v) is 2.40. The van der Waals surface area contributed by atoms with Crippen LogP contribution in [0.3, 0.4) is 0 Å². The summed E-state index contributed by atoms with van der Waals surface area (Å²) in [5.74, 6) is -1.39. The van der Waals surface area contributed by atoms with E-state index in [1.807, 2.05) is 0 Å². The van der Waals surface area contributed by atoms with Crippen molar-refractivity contribution in [2.24, 2.45) is 0 Å². The van der Waals surface area contributed by atoms with Crippen LogP contribution in [0.1, 0.15) is 29.3 Å². The Balaban J connectivity index is 2.67. The lowest BCUT2D eigenvalue weighted by Gasteiger charge is -2.12. The highest BCUT2D eigenvalue weighted by Gasteiger charge is 2.34. The molecule has 1 aromatic rings. The van der Waals surface area contributed by atoms with Crippen LogP contribution in [0.5, 0.6) is 0 Å². The molecule has 0 aliphatic rings. The molecule has 1 amide bonds. The highest BCUT2D eigenvalue weighted by atomic mass is 19.4. The standard InChI is InChI=1S/C13H14F3NO3/c1-2-20-11(18)7-8-17-12(19)9-5-3-4-6-10(9)13(14,15)16/h3-6H,2,7-8H2,1H3,(H,17,19). The summed E-state index contributed by atoms with van der Waals surface area (Å²) in [6.07, 6.45) is -4.69. The summed E-state index contributed by atoms with van der Waals surface area (Å²) in [5, 5.41) is 2.26. The fourth-order valence-corrected chi connectivity index (χ4v) is 1.53. The molecule has 0 saturated heterocycles. The number of nitrogens with one attached hydrogen (secondary N) is 1. The number of carbonyl (C=O) groups excluding carboxylic acids is 2. The molecule has 1 aromatic carbocycles. The van der Waals surface area contributed by atoms with Crippen LogP contribution >= 0.6 is 0 Å². The van der Waals surface area contributed by atoms with Gasteiger partial charge in [-0.05, 0) is 19.1 Å². The maximum Gasteiger partial charge on any atom is 0.417 e. The summed E-state index contributed by atoms with van der Waals surface area (Å²) < 4.78 is 42.8. The molecule has 1 N–H and O–H groups in total. The van der Waals surface area contributed by atoms with E-state index < -0.39 is 29.2 Å². The Morgan fingerprint density at radius 2 is 1.90 bits per heavy atom. The summed E-state index contributed by atoms with van der Waals surface area (Å²) in [6.45, 7) is 1.77. The third kappa shape index (κ3) is 4.56. The van der Waals surface area contributed by atoms with E-state index >= 15 is 0 Å². The van der Waals surface area contributed by atoms with Crippen LogP contribution in [-0.4, -0.2) is 25.0 Å². The normalized spacial score (nSPS) is 11.0. The van der Waals surface area contributed by atoms with E-state index in [0.29, 0.717) is 0 Å². The zero-order chi connectivity index (χ0) is 15.2. The Labute approximate surface area is 113 Å². The SMILES string of the molecule is CCOC(=O)CCNC(=O)c1ccccc1C(F)(F)F. The molecule has 0 radical (unpaired) electrons. The molecule has 4 nitrogen and oxygen atoms in total. The van der Waals surface area contributed by atoms with Gasteiger partial charge in [-0.1, -0.05) is 12.1 Å². The first-order chi connectivity index (χ1) is 9.36. The average Bonchev–Trinajstić information content (AvgIpc) is 2.38. The number of amides is 1. The monoisotopic (exact) mass is 289 g/mol. The van der Waals surface area contributed by atoms with Crippen molar-refractivity contribution in [3.63, 3.8) is 0 Å². The quantitative estimate of drug-likeness (QED) is 0.847. The number of rotatable bonds is 5. The maximum atomic E-state index is 12.7. The Hall–Kier alpha value is -2.05. The number of carbonyl (C=O) groups is 2. The fraction of sp³-hybridized carbons (Fsp3) is 0.385. The Bertz CT molecular complexity index is 486. The van der Waals surface area contributed by atoms with Crippen molar-refractivity contribution >= 4 is 11.9 Å². The molecule has 0 bridgehead atoms. The van der Waals surface area contributed by atoms with Gasteiger partial charge in [0, 0.05) is 6.54 Å². The predicted molar refractivity (Wildman–Crippen MR) is 65.0 cm³/mol. The Kier molecular flexibility index (Phi) is 5.54. The van der Waals surface area contributed by atoms with E-state index in [1.165, 1.54) is 12.1 Å². The number of esters is 1. The minimum atomic E-state index is -4.60. The molecule has 7 heteroatoms. The second-order valence-electron chi connectivity index (χ2n) is 3.85. The summed E-state index contributed by atoms with van der Waals surface area (Å²) in [7, 11) is 0. The Morgan fingerprint density at radius 3 is 2.50 bits per heavy atom. The van der Waals surface area contributed by atoms with Gasteiger partial charge in [0.25, 0.3) is 5.91 Å². The average molecular weight is 289 g/mol. The highest BCUT2D eigenvalue weighted by molar-refractivity contribution is 5.96. The molecular weight excluding hydrogens is 275 g/mol. The van der Waals surface area contributed by atoms with Gasteiger partial charge in [0.15, 0.2) is 0 Å². The van der Waals surface area contributed by atoms with Crippen molar-refractivity contribution in [3.8, 4) is 0 Å². The number of alkyl halides is 3. The molecule has 0 atom stereocenters. The molecule has 20 heavy (non-hydrogen) atoms. The maximum absolute atomic E-state index is 12.7. The first-order valence-electron chi connectivity index (χ1n) is 5.96. The van der Waals surface area contributed by atoms with Crippen LogP contribution in [0.15, 0.2) is 24.3 Å². The van der Waals surface area contributed by atoms with Crippen molar-refractivity contribution < 1.29 is 27.5 Å². The molecule has 0 spiro atoms. The number of halogens is 3. The van der Waals surface area contributed by atoms with Gasteiger partial charge >= 0.3 is 12.1 Å². The topological polar surface area (TPSA) is 55.4 Å². The summed E-state index contributed by atoms with van der Waals surface area (Å²) in [5.41, 5.74) is -1.47. The fourth-order valence-electron chi connectivity index (χ4n) is 1.53. The van der Waals surface area contributed by atoms with Crippen molar-refractivity contribution in [2.75, 3.05) is 13.2 Å². The zero-order valence-electron chi connectivity index (χ0n) is 10.8. The predicted octanol–water partition coefficient (Wildman–Crippen LogP) is 2.39. The van der Waals surface area contributed by atoms with Crippen molar-refractivity contribution in [1.82, 2.24) is 5.32 Å². The minimum Gasteiger partial charge on any atom is -0.466 e. The number of benzene rings is 1. The van der Waals surface area contributed by atoms with E-state index in [4.69, 9.17) is 0 Å². The van der Waals surface area contributed by atoms with Gasteiger partial charge in [0.1, 0.15) is 0 Å².